The van der Waals surface area contributed by atoms with Crippen molar-refractivity contribution in [2.45, 2.75) is 43.7 Å². The first kappa shape index (κ1) is 15.7. The minimum Gasteiger partial charge on any atom is -0.298 e. The van der Waals surface area contributed by atoms with Gasteiger partial charge in [0.25, 0.3) is 0 Å². The summed E-state index contributed by atoms with van der Waals surface area (Å²) < 4.78 is 24.6. The van der Waals surface area contributed by atoms with Gasteiger partial charge in [0.15, 0.2) is 5.16 Å². The average Bonchev–Trinajstić information content (AvgIpc) is 2.91. The third-order valence-electron chi connectivity index (χ3n) is 5.89. The number of hydrogen-bond donors (Lipinski definition) is 0. The van der Waals surface area contributed by atoms with Gasteiger partial charge in [-0.3, -0.25) is 4.79 Å². The molecule has 4 aliphatic rings. The number of rotatable bonds is 5. The standard InChI is InChI=1S/C16H22N2O3S2/c1-23(20,21)18-3-2-17-15(18)22-10-14(19)16-7-11-4-12(8-16)6-13(5-11)9-16/h2-3,11-13H,4-10H2,1H3. The fourth-order valence-electron chi connectivity index (χ4n) is 5.37. The molecule has 0 aromatic carbocycles. The summed E-state index contributed by atoms with van der Waals surface area (Å²) in [6.45, 7) is 0. The highest BCUT2D eigenvalue weighted by Crippen LogP contribution is 2.60. The van der Waals surface area contributed by atoms with E-state index in [-0.39, 0.29) is 5.41 Å². The maximum absolute atomic E-state index is 12.9. The summed E-state index contributed by atoms with van der Waals surface area (Å²) in [4.78, 5) is 17.0. The lowest BCUT2D eigenvalue weighted by Gasteiger charge is -2.56. The highest BCUT2D eigenvalue weighted by Gasteiger charge is 2.54. The van der Waals surface area contributed by atoms with E-state index in [1.54, 1.807) is 0 Å². The van der Waals surface area contributed by atoms with Crippen LogP contribution in [0, 0.1) is 23.2 Å². The second kappa shape index (κ2) is 5.34. The summed E-state index contributed by atoms with van der Waals surface area (Å²) in [6.07, 6.45) is 11.2. The summed E-state index contributed by atoms with van der Waals surface area (Å²) in [5.74, 6) is 2.87. The maximum Gasteiger partial charge on any atom is 0.237 e. The molecule has 0 radical (unpaired) electrons. The molecule has 1 aromatic rings. The molecule has 4 saturated carbocycles. The van der Waals surface area contributed by atoms with Gasteiger partial charge in [0.05, 0.1) is 12.0 Å². The Morgan fingerprint density at radius 1 is 1.26 bits per heavy atom. The van der Waals surface area contributed by atoms with Gasteiger partial charge in [-0.1, -0.05) is 11.8 Å². The van der Waals surface area contributed by atoms with E-state index in [1.807, 2.05) is 0 Å². The van der Waals surface area contributed by atoms with E-state index in [9.17, 15) is 13.2 Å². The van der Waals surface area contributed by atoms with Crippen molar-refractivity contribution in [2.24, 2.45) is 23.2 Å². The van der Waals surface area contributed by atoms with Gasteiger partial charge in [-0.25, -0.2) is 17.4 Å². The molecule has 4 bridgehead atoms. The van der Waals surface area contributed by atoms with Crippen LogP contribution in [0.1, 0.15) is 38.5 Å². The smallest absolute Gasteiger partial charge is 0.237 e. The first-order valence-electron chi connectivity index (χ1n) is 8.26. The molecule has 0 atom stereocenters. The molecule has 1 heterocycles. The Balaban J connectivity index is 1.48. The van der Waals surface area contributed by atoms with Crippen LogP contribution in [0.4, 0.5) is 0 Å². The van der Waals surface area contributed by atoms with Gasteiger partial charge < -0.3 is 0 Å². The molecule has 126 valence electrons. The van der Waals surface area contributed by atoms with Gasteiger partial charge in [-0.05, 0) is 56.3 Å². The van der Waals surface area contributed by atoms with Crippen molar-refractivity contribution in [1.82, 2.24) is 8.96 Å². The number of ketones is 1. The lowest BCUT2D eigenvalue weighted by atomic mass is 9.48. The van der Waals surface area contributed by atoms with E-state index >= 15 is 0 Å². The van der Waals surface area contributed by atoms with Crippen LogP contribution in [0.2, 0.25) is 0 Å². The van der Waals surface area contributed by atoms with E-state index in [2.05, 4.69) is 4.98 Å². The van der Waals surface area contributed by atoms with Crippen LogP contribution in [0.15, 0.2) is 17.6 Å². The molecule has 5 nitrogen and oxygen atoms in total. The molecule has 1 aromatic heterocycles. The molecule has 5 rings (SSSR count). The van der Waals surface area contributed by atoms with Crippen molar-refractivity contribution < 1.29 is 13.2 Å². The molecule has 4 aliphatic carbocycles. The second-order valence-corrected chi connectivity index (χ2v) is 10.5. The van der Waals surface area contributed by atoms with E-state index in [1.165, 1.54) is 43.4 Å². The van der Waals surface area contributed by atoms with Gasteiger partial charge in [0, 0.05) is 17.8 Å². The predicted octanol–water partition coefficient (Wildman–Crippen LogP) is 2.57. The van der Waals surface area contributed by atoms with Crippen LogP contribution in [-0.4, -0.2) is 35.2 Å². The van der Waals surface area contributed by atoms with Crippen LogP contribution in [0.5, 0.6) is 0 Å². The highest BCUT2D eigenvalue weighted by atomic mass is 32.2. The molecular formula is C16H22N2O3S2. The first-order chi connectivity index (χ1) is 10.9. The Morgan fingerprint density at radius 2 is 1.83 bits per heavy atom. The second-order valence-electron chi connectivity index (χ2n) is 7.68. The lowest BCUT2D eigenvalue weighted by molar-refractivity contribution is -0.141. The zero-order valence-corrected chi connectivity index (χ0v) is 14.9. The van der Waals surface area contributed by atoms with Gasteiger partial charge in [-0.2, -0.15) is 0 Å². The Labute approximate surface area is 141 Å². The minimum atomic E-state index is -3.36. The van der Waals surface area contributed by atoms with Crippen LogP contribution in [0.3, 0.4) is 0 Å². The summed E-state index contributed by atoms with van der Waals surface area (Å²) in [5.41, 5.74) is -0.121. The normalized spacial score (nSPS) is 35.6. The van der Waals surface area contributed by atoms with Gasteiger partial charge in [-0.15, -0.1) is 0 Å². The first-order valence-corrected chi connectivity index (χ1v) is 11.1. The zero-order valence-electron chi connectivity index (χ0n) is 13.3. The number of nitrogens with zero attached hydrogens (tertiary/aromatic N) is 2. The molecule has 23 heavy (non-hydrogen) atoms. The van der Waals surface area contributed by atoms with Crippen molar-refractivity contribution >= 4 is 27.6 Å². The fraction of sp³-hybridized carbons (Fsp3) is 0.750. The molecule has 0 aliphatic heterocycles. The van der Waals surface area contributed by atoms with E-state index in [0.717, 1.165) is 47.2 Å². The van der Waals surface area contributed by atoms with Crippen LogP contribution in [0.25, 0.3) is 0 Å². The van der Waals surface area contributed by atoms with Gasteiger partial charge >= 0.3 is 0 Å². The number of aromatic nitrogens is 2. The fourth-order valence-corrected chi connectivity index (χ4v) is 7.43. The Bertz CT molecular complexity index is 703. The summed E-state index contributed by atoms with van der Waals surface area (Å²) >= 11 is 1.26. The SMILES string of the molecule is CS(=O)(=O)n1ccnc1SCC(=O)C12CC3CC(CC(C3)C1)C2. The zero-order chi connectivity index (χ0) is 16.2. The number of Topliss-reactive ketones (excluding diaryl/α,β-unsaturated/α-hetero) is 1. The number of carbonyl (C=O) groups is 1. The molecule has 0 spiro atoms. The van der Waals surface area contributed by atoms with Gasteiger partial charge in [0.1, 0.15) is 5.78 Å². The summed E-state index contributed by atoms with van der Waals surface area (Å²) in [6, 6.07) is 0. The maximum atomic E-state index is 12.9. The minimum absolute atomic E-state index is 0.121. The van der Waals surface area contributed by atoms with Crippen molar-refractivity contribution in [2.75, 3.05) is 12.0 Å². The van der Waals surface area contributed by atoms with Crippen molar-refractivity contribution in [1.29, 1.82) is 0 Å². The molecule has 0 amide bonds. The Morgan fingerprint density at radius 3 is 2.35 bits per heavy atom. The Hall–Kier alpha value is -0.820. The van der Waals surface area contributed by atoms with Crippen molar-refractivity contribution in [3.8, 4) is 0 Å². The molecule has 7 heteroatoms. The van der Waals surface area contributed by atoms with Crippen molar-refractivity contribution in [3.05, 3.63) is 12.4 Å². The van der Waals surface area contributed by atoms with Crippen LogP contribution < -0.4 is 0 Å². The highest BCUT2D eigenvalue weighted by molar-refractivity contribution is 8.00. The van der Waals surface area contributed by atoms with Crippen molar-refractivity contribution in [3.63, 3.8) is 0 Å². The molecular weight excluding hydrogens is 332 g/mol. The largest absolute Gasteiger partial charge is 0.298 e. The molecule has 4 fully saturated rings. The average molecular weight is 354 g/mol. The van der Waals surface area contributed by atoms with Gasteiger partial charge in [0.2, 0.25) is 10.0 Å². The summed E-state index contributed by atoms with van der Waals surface area (Å²) in [5, 5.41) is 0.394. The van der Waals surface area contributed by atoms with E-state index in [0.29, 0.717) is 16.7 Å². The predicted molar refractivity (Wildman–Crippen MR) is 88.8 cm³/mol. The quantitative estimate of drug-likeness (QED) is 0.760. The summed E-state index contributed by atoms with van der Waals surface area (Å²) in [7, 11) is -3.36. The van der Waals surface area contributed by atoms with Crippen LogP contribution >= 0.6 is 11.8 Å². The number of carbonyl (C=O) groups excluding carboxylic acids is 1. The molecule has 0 saturated heterocycles. The van der Waals surface area contributed by atoms with E-state index < -0.39 is 10.0 Å². The topological polar surface area (TPSA) is 69.0 Å². The Kier molecular flexibility index (Phi) is 3.65. The lowest BCUT2D eigenvalue weighted by Crippen LogP contribution is -2.50. The monoisotopic (exact) mass is 354 g/mol. The third kappa shape index (κ3) is 2.76. The molecule has 0 N–H and O–H groups in total. The van der Waals surface area contributed by atoms with E-state index in [4.69, 9.17) is 0 Å². The number of imidazole rings is 1. The third-order valence-corrected chi connectivity index (χ3v) is 7.99. The van der Waals surface area contributed by atoms with Crippen LogP contribution in [-0.2, 0) is 14.8 Å². The molecule has 0 unspecified atom stereocenters. The number of thioether (sulfide) groups is 1. The number of hydrogen-bond acceptors (Lipinski definition) is 5.